The molecule has 0 spiro atoms. The number of rotatable bonds is 6. The molecule has 0 fully saturated rings. The van der Waals surface area contributed by atoms with Crippen LogP contribution in [0.15, 0.2) is 54.2 Å². The second kappa shape index (κ2) is 7.62. The highest BCUT2D eigenvalue weighted by atomic mass is 35.5. The van der Waals surface area contributed by atoms with Gasteiger partial charge in [0.25, 0.3) is 11.8 Å². The highest BCUT2D eigenvalue weighted by molar-refractivity contribution is 6.36. The number of carbonyl (C=O) groups is 2. The molecule has 2 amide bonds. The molecule has 134 valence electrons. The second-order valence-electron chi connectivity index (χ2n) is 5.85. The first-order valence-electron chi connectivity index (χ1n) is 8.33. The molecule has 0 bridgehead atoms. The Bertz CT molecular complexity index is 878. The number of amides is 2. The molecular formula is C20H19ClN2O3. The Morgan fingerprint density at radius 3 is 2.46 bits per heavy atom. The zero-order valence-corrected chi connectivity index (χ0v) is 15.3. The number of imide groups is 1. The SMILES string of the molecule is CCCN1C(=O)C(Nc2cc(Cl)ccc2OC)=C(c2ccccc2)C1=O. The van der Waals surface area contributed by atoms with Crippen molar-refractivity contribution in [2.24, 2.45) is 0 Å². The number of carbonyl (C=O) groups excluding carboxylic acids is 2. The van der Waals surface area contributed by atoms with Gasteiger partial charge in [-0.15, -0.1) is 0 Å². The van der Waals surface area contributed by atoms with E-state index < -0.39 is 0 Å². The van der Waals surface area contributed by atoms with Gasteiger partial charge in [-0.3, -0.25) is 14.5 Å². The van der Waals surface area contributed by atoms with Crippen LogP contribution in [0.4, 0.5) is 5.69 Å². The Balaban J connectivity index is 2.10. The van der Waals surface area contributed by atoms with E-state index in [1.165, 1.54) is 12.0 Å². The first kappa shape index (κ1) is 18.0. The van der Waals surface area contributed by atoms with Gasteiger partial charge in [-0.25, -0.2) is 0 Å². The van der Waals surface area contributed by atoms with Gasteiger partial charge in [0.15, 0.2) is 0 Å². The largest absolute Gasteiger partial charge is 0.495 e. The van der Waals surface area contributed by atoms with E-state index in [0.717, 1.165) is 0 Å². The van der Waals surface area contributed by atoms with Crippen molar-refractivity contribution < 1.29 is 14.3 Å². The van der Waals surface area contributed by atoms with Crippen molar-refractivity contribution in [3.8, 4) is 5.75 Å². The number of hydrogen-bond donors (Lipinski definition) is 1. The topological polar surface area (TPSA) is 58.6 Å². The van der Waals surface area contributed by atoms with E-state index >= 15 is 0 Å². The van der Waals surface area contributed by atoms with Gasteiger partial charge in [0, 0.05) is 11.6 Å². The van der Waals surface area contributed by atoms with Crippen LogP contribution in [0.3, 0.4) is 0 Å². The van der Waals surface area contributed by atoms with Gasteiger partial charge in [-0.2, -0.15) is 0 Å². The summed E-state index contributed by atoms with van der Waals surface area (Å²) in [6.07, 6.45) is 0.688. The maximum atomic E-state index is 12.9. The molecule has 2 aromatic carbocycles. The summed E-state index contributed by atoms with van der Waals surface area (Å²) in [7, 11) is 1.53. The molecule has 0 radical (unpaired) electrons. The summed E-state index contributed by atoms with van der Waals surface area (Å²) in [6, 6.07) is 14.2. The third-order valence-corrected chi connectivity index (χ3v) is 4.33. The number of ether oxygens (including phenoxy) is 1. The van der Waals surface area contributed by atoms with Crippen LogP contribution in [0.5, 0.6) is 5.75 Å². The quantitative estimate of drug-likeness (QED) is 0.782. The molecule has 0 aliphatic carbocycles. The molecule has 1 aliphatic rings. The highest BCUT2D eigenvalue weighted by Gasteiger charge is 2.38. The van der Waals surface area contributed by atoms with Crippen molar-refractivity contribution in [2.75, 3.05) is 19.0 Å². The van der Waals surface area contributed by atoms with Crippen LogP contribution in [0.25, 0.3) is 5.57 Å². The molecule has 5 nitrogen and oxygen atoms in total. The Kier molecular flexibility index (Phi) is 5.28. The molecule has 0 unspecified atom stereocenters. The smallest absolute Gasteiger partial charge is 0.278 e. The Morgan fingerprint density at radius 1 is 1.08 bits per heavy atom. The van der Waals surface area contributed by atoms with Gasteiger partial charge in [0.05, 0.1) is 18.4 Å². The summed E-state index contributed by atoms with van der Waals surface area (Å²) < 4.78 is 5.33. The Labute approximate surface area is 157 Å². The van der Waals surface area contributed by atoms with Gasteiger partial charge in [0.2, 0.25) is 0 Å². The van der Waals surface area contributed by atoms with E-state index in [2.05, 4.69) is 5.32 Å². The van der Waals surface area contributed by atoms with Gasteiger partial charge in [-0.05, 0) is 30.2 Å². The molecule has 0 saturated heterocycles. The lowest BCUT2D eigenvalue weighted by molar-refractivity contribution is -0.136. The van der Waals surface area contributed by atoms with Crippen LogP contribution in [0.1, 0.15) is 18.9 Å². The number of hydrogen-bond acceptors (Lipinski definition) is 4. The Hall–Kier alpha value is -2.79. The second-order valence-corrected chi connectivity index (χ2v) is 6.28. The molecule has 0 atom stereocenters. The first-order valence-corrected chi connectivity index (χ1v) is 8.71. The zero-order chi connectivity index (χ0) is 18.7. The normalized spacial score (nSPS) is 14.2. The lowest BCUT2D eigenvalue weighted by Crippen LogP contribution is -2.33. The van der Waals surface area contributed by atoms with Crippen LogP contribution < -0.4 is 10.1 Å². The predicted octanol–water partition coefficient (Wildman–Crippen LogP) is 3.95. The van der Waals surface area contributed by atoms with E-state index in [1.807, 2.05) is 37.3 Å². The molecule has 1 heterocycles. The fraction of sp³-hybridized carbons (Fsp3) is 0.200. The van der Waals surface area contributed by atoms with E-state index in [0.29, 0.717) is 40.6 Å². The summed E-state index contributed by atoms with van der Waals surface area (Å²) >= 11 is 6.08. The van der Waals surface area contributed by atoms with Gasteiger partial charge < -0.3 is 10.1 Å². The number of anilines is 1. The number of nitrogens with zero attached hydrogens (tertiary/aromatic N) is 1. The summed E-state index contributed by atoms with van der Waals surface area (Å²) in [6.45, 7) is 2.29. The highest BCUT2D eigenvalue weighted by Crippen LogP contribution is 2.34. The lowest BCUT2D eigenvalue weighted by Gasteiger charge is -2.15. The fourth-order valence-electron chi connectivity index (χ4n) is 2.90. The van der Waals surface area contributed by atoms with Crippen LogP contribution >= 0.6 is 11.6 Å². The molecule has 1 aliphatic heterocycles. The third kappa shape index (κ3) is 3.30. The minimum atomic E-state index is -0.349. The van der Waals surface area contributed by atoms with Crippen molar-refractivity contribution >= 4 is 34.7 Å². The molecule has 0 saturated carbocycles. The number of benzene rings is 2. The van der Waals surface area contributed by atoms with Crippen LogP contribution in [-0.2, 0) is 9.59 Å². The van der Waals surface area contributed by atoms with Crippen molar-refractivity contribution in [3.05, 3.63) is 64.8 Å². The van der Waals surface area contributed by atoms with E-state index in [4.69, 9.17) is 16.3 Å². The van der Waals surface area contributed by atoms with Crippen molar-refractivity contribution in [2.45, 2.75) is 13.3 Å². The molecule has 26 heavy (non-hydrogen) atoms. The van der Waals surface area contributed by atoms with Crippen LogP contribution in [0.2, 0.25) is 5.02 Å². The maximum Gasteiger partial charge on any atom is 0.278 e. The molecule has 0 aromatic heterocycles. The summed E-state index contributed by atoms with van der Waals surface area (Å²) in [5, 5.41) is 3.57. The average Bonchev–Trinajstić information content (AvgIpc) is 2.87. The monoisotopic (exact) mass is 370 g/mol. The molecule has 2 aromatic rings. The van der Waals surface area contributed by atoms with Gasteiger partial charge in [-0.1, -0.05) is 48.9 Å². The predicted molar refractivity (Wildman–Crippen MR) is 102 cm³/mol. The molecular weight excluding hydrogens is 352 g/mol. The number of nitrogens with one attached hydrogen (secondary N) is 1. The first-order chi connectivity index (χ1) is 12.6. The lowest BCUT2D eigenvalue weighted by atomic mass is 10.0. The molecule has 6 heteroatoms. The minimum absolute atomic E-state index is 0.232. The van der Waals surface area contributed by atoms with Crippen molar-refractivity contribution in [1.82, 2.24) is 4.90 Å². The average molecular weight is 371 g/mol. The summed E-state index contributed by atoms with van der Waals surface area (Å²) in [5.74, 6) is -0.118. The minimum Gasteiger partial charge on any atom is -0.495 e. The number of halogens is 1. The van der Waals surface area contributed by atoms with Crippen molar-refractivity contribution in [3.63, 3.8) is 0 Å². The van der Waals surface area contributed by atoms with E-state index in [9.17, 15) is 9.59 Å². The molecule has 3 rings (SSSR count). The molecule has 1 N–H and O–H groups in total. The van der Waals surface area contributed by atoms with E-state index in [1.54, 1.807) is 18.2 Å². The van der Waals surface area contributed by atoms with E-state index in [-0.39, 0.29) is 17.5 Å². The van der Waals surface area contributed by atoms with Crippen LogP contribution in [0, 0.1) is 0 Å². The Morgan fingerprint density at radius 2 is 1.81 bits per heavy atom. The zero-order valence-electron chi connectivity index (χ0n) is 14.6. The van der Waals surface area contributed by atoms with Crippen molar-refractivity contribution in [1.29, 1.82) is 0 Å². The standard InChI is InChI=1S/C20H19ClN2O3/c1-3-11-23-19(24)17(13-7-5-4-6-8-13)18(20(23)25)22-15-12-14(21)9-10-16(15)26-2/h4-10,12,22H,3,11H2,1-2H3. The maximum absolute atomic E-state index is 12.9. The van der Waals surface area contributed by atoms with Gasteiger partial charge >= 0.3 is 0 Å². The number of methoxy groups -OCH3 is 1. The summed E-state index contributed by atoms with van der Waals surface area (Å²) in [4.78, 5) is 27.0. The van der Waals surface area contributed by atoms with Gasteiger partial charge in [0.1, 0.15) is 11.4 Å². The van der Waals surface area contributed by atoms with Crippen LogP contribution in [-0.4, -0.2) is 30.4 Å². The third-order valence-electron chi connectivity index (χ3n) is 4.10. The fourth-order valence-corrected chi connectivity index (χ4v) is 3.08. The summed E-state index contributed by atoms with van der Waals surface area (Å²) in [5.41, 5.74) is 1.80.